The SMILES string of the molecule is CC(C)c1cccc(NC(=O)CN2C(=O)N[C@]3(CCCC[C@@H]3C)C2=O)c1. The molecule has 1 saturated carbocycles. The summed E-state index contributed by atoms with van der Waals surface area (Å²) in [4.78, 5) is 38.7. The van der Waals surface area contributed by atoms with Gasteiger partial charge >= 0.3 is 6.03 Å². The van der Waals surface area contributed by atoms with E-state index in [2.05, 4.69) is 24.5 Å². The standard InChI is InChI=1S/C20H27N3O3/c1-13(2)15-8-6-9-16(11-15)21-17(24)12-23-18(25)20(22-19(23)26)10-5-4-7-14(20)3/h6,8-9,11,13-14H,4-5,7,10,12H2,1-3H3,(H,21,24)(H,22,26)/t14-,20-/m0/s1. The molecule has 1 aromatic rings. The van der Waals surface area contributed by atoms with Crippen LogP contribution in [-0.2, 0) is 9.59 Å². The second-order valence-electron chi connectivity index (χ2n) is 7.77. The van der Waals surface area contributed by atoms with E-state index in [0.29, 0.717) is 18.0 Å². The largest absolute Gasteiger partial charge is 0.325 e. The Bertz CT molecular complexity index is 731. The number of hydrogen-bond donors (Lipinski definition) is 2. The normalized spacial score (nSPS) is 25.7. The molecular weight excluding hydrogens is 330 g/mol. The third kappa shape index (κ3) is 3.32. The van der Waals surface area contributed by atoms with Crippen LogP contribution in [0.5, 0.6) is 0 Å². The van der Waals surface area contributed by atoms with Gasteiger partial charge in [0, 0.05) is 5.69 Å². The third-order valence-electron chi connectivity index (χ3n) is 5.64. The minimum atomic E-state index is -0.826. The molecule has 2 N–H and O–H groups in total. The summed E-state index contributed by atoms with van der Waals surface area (Å²) in [5.41, 5.74) is 0.967. The topological polar surface area (TPSA) is 78.5 Å². The molecule has 1 spiro atoms. The van der Waals surface area contributed by atoms with Gasteiger partial charge in [0.2, 0.25) is 5.91 Å². The highest BCUT2D eigenvalue weighted by molar-refractivity contribution is 6.10. The predicted molar refractivity (Wildman–Crippen MR) is 99.8 cm³/mol. The molecule has 1 aliphatic heterocycles. The van der Waals surface area contributed by atoms with Gasteiger partial charge in [0.05, 0.1) is 0 Å². The molecule has 0 radical (unpaired) electrons. The van der Waals surface area contributed by atoms with E-state index in [-0.39, 0.29) is 24.3 Å². The van der Waals surface area contributed by atoms with Crippen molar-refractivity contribution < 1.29 is 14.4 Å². The Morgan fingerprint density at radius 3 is 2.81 bits per heavy atom. The maximum Gasteiger partial charge on any atom is 0.325 e. The summed E-state index contributed by atoms with van der Waals surface area (Å²) >= 11 is 0. The second kappa shape index (κ2) is 7.09. The smallest absolute Gasteiger partial charge is 0.325 e. The van der Waals surface area contributed by atoms with Crippen LogP contribution in [0.1, 0.15) is 57.9 Å². The highest BCUT2D eigenvalue weighted by Crippen LogP contribution is 2.38. The fourth-order valence-electron chi connectivity index (χ4n) is 3.96. The van der Waals surface area contributed by atoms with Gasteiger partial charge in [0.25, 0.3) is 5.91 Å². The third-order valence-corrected chi connectivity index (χ3v) is 5.64. The van der Waals surface area contributed by atoms with Crippen molar-refractivity contribution in [1.82, 2.24) is 10.2 Å². The van der Waals surface area contributed by atoms with Crippen molar-refractivity contribution in [3.05, 3.63) is 29.8 Å². The van der Waals surface area contributed by atoms with Gasteiger partial charge in [-0.05, 0) is 42.4 Å². The first-order chi connectivity index (χ1) is 12.3. The van der Waals surface area contributed by atoms with E-state index in [1.54, 1.807) is 6.07 Å². The Hall–Kier alpha value is -2.37. The van der Waals surface area contributed by atoms with E-state index in [1.165, 1.54) is 0 Å². The number of carbonyl (C=O) groups excluding carboxylic acids is 3. The summed E-state index contributed by atoms with van der Waals surface area (Å²) in [6.07, 6.45) is 3.54. The number of imide groups is 1. The Labute approximate surface area is 154 Å². The number of benzene rings is 1. The number of nitrogens with zero attached hydrogens (tertiary/aromatic N) is 1. The van der Waals surface area contributed by atoms with Gasteiger partial charge in [0.15, 0.2) is 0 Å². The average molecular weight is 357 g/mol. The van der Waals surface area contributed by atoms with E-state index < -0.39 is 11.6 Å². The summed E-state index contributed by atoms with van der Waals surface area (Å²) in [5.74, 6) is -0.190. The molecule has 1 heterocycles. The van der Waals surface area contributed by atoms with Crippen LogP contribution in [0.25, 0.3) is 0 Å². The van der Waals surface area contributed by atoms with Gasteiger partial charge in [-0.3, -0.25) is 14.5 Å². The lowest BCUT2D eigenvalue weighted by atomic mass is 9.73. The van der Waals surface area contributed by atoms with E-state index in [4.69, 9.17) is 0 Å². The van der Waals surface area contributed by atoms with Gasteiger partial charge in [-0.15, -0.1) is 0 Å². The first-order valence-corrected chi connectivity index (χ1v) is 9.37. The minimum Gasteiger partial charge on any atom is -0.325 e. The molecule has 6 nitrogen and oxygen atoms in total. The number of anilines is 1. The lowest BCUT2D eigenvalue weighted by Gasteiger charge is -2.36. The lowest BCUT2D eigenvalue weighted by molar-refractivity contribution is -0.136. The van der Waals surface area contributed by atoms with Crippen LogP contribution < -0.4 is 10.6 Å². The van der Waals surface area contributed by atoms with Crippen molar-refractivity contribution in [2.24, 2.45) is 5.92 Å². The molecule has 2 aliphatic rings. The molecular formula is C20H27N3O3. The molecule has 1 aromatic carbocycles. The van der Waals surface area contributed by atoms with Crippen LogP contribution in [0.3, 0.4) is 0 Å². The van der Waals surface area contributed by atoms with E-state index >= 15 is 0 Å². The number of rotatable bonds is 4. The molecule has 1 saturated heterocycles. The Morgan fingerprint density at radius 2 is 2.12 bits per heavy atom. The summed E-state index contributed by atoms with van der Waals surface area (Å²) in [6, 6.07) is 7.15. The van der Waals surface area contributed by atoms with Crippen LogP contribution >= 0.6 is 0 Å². The number of hydrogen-bond acceptors (Lipinski definition) is 3. The summed E-state index contributed by atoms with van der Waals surface area (Å²) in [6.45, 7) is 5.90. The second-order valence-corrected chi connectivity index (χ2v) is 7.77. The number of nitrogens with one attached hydrogen (secondary N) is 2. The van der Waals surface area contributed by atoms with Crippen LogP contribution in [0.4, 0.5) is 10.5 Å². The van der Waals surface area contributed by atoms with E-state index in [1.807, 2.05) is 25.1 Å². The van der Waals surface area contributed by atoms with Crippen LogP contribution in [0.15, 0.2) is 24.3 Å². The van der Waals surface area contributed by atoms with Gasteiger partial charge in [0.1, 0.15) is 12.1 Å². The molecule has 4 amide bonds. The molecule has 140 valence electrons. The van der Waals surface area contributed by atoms with Gasteiger partial charge in [-0.1, -0.05) is 45.7 Å². The molecule has 6 heteroatoms. The first-order valence-electron chi connectivity index (χ1n) is 9.37. The molecule has 2 fully saturated rings. The van der Waals surface area contributed by atoms with Crippen molar-refractivity contribution in [2.75, 3.05) is 11.9 Å². The van der Waals surface area contributed by atoms with Crippen LogP contribution in [0.2, 0.25) is 0 Å². The van der Waals surface area contributed by atoms with Crippen molar-refractivity contribution in [2.45, 2.75) is 57.9 Å². The lowest BCUT2D eigenvalue weighted by Crippen LogP contribution is -2.54. The van der Waals surface area contributed by atoms with Gasteiger partial charge in [-0.25, -0.2) is 4.79 Å². The maximum absolute atomic E-state index is 12.9. The highest BCUT2D eigenvalue weighted by atomic mass is 16.2. The average Bonchev–Trinajstić information content (AvgIpc) is 2.83. The zero-order chi connectivity index (χ0) is 18.9. The first kappa shape index (κ1) is 18.4. The van der Waals surface area contributed by atoms with Crippen molar-refractivity contribution >= 4 is 23.5 Å². The molecule has 2 atom stereocenters. The Kier molecular flexibility index (Phi) is 5.03. The zero-order valence-corrected chi connectivity index (χ0v) is 15.7. The number of amides is 4. The maximum atomic E-state index is 12.9. The fraction of sp³-hybridized carbons (Fsp3) is 0.550. The molecule has 0 unspecified atom stereocenters. The number of urea groups is 1. The highest BCUT2D eigenvalue weighted by Gasteiger charge is 2.55. The molecule has 3 rings (SSSR count). The molecule has 1 aliphatic carbocycles. The van der Waals surface area contributed by atoms with Crippen molar-refractivity contribution in [1.29, 1.82) is 0 Å². The quantitative estimate of drug-likeness (QED) is 0.812. The van der Waals surface area contributed by atoms with E-state index in [9.17, 15) is 14.4 Å². The van der Waals surface area contributed by atoms with Crippen LogP contribution in [0, 0.1) is 5.92 Å². The summed E-state index contributed by atoms with van der Waals surface area (Å²) < 4.78 is 0. The van der Waals surface area contributed by atoms with E-state index in [0.717, 1.165) is 29.7 Å². The summed E-state index contributed by atoms with van der Waals surface area (Å²) in [7, 11) is 0. The molecule has 0 bridgehead atoms. The summed E-state index contributed by atoms with van der Waals surface area (Å²) in [5, 5.41) is 5.66. The Balaban J connectivity index is 1.68. The minimum absolute atomic E-state index is 0.0866. The van der Waals surface area contributed by atoms with Crippen LogP contribution in [-0.4, -0.2) is 34.8 Å². The predicted octanol–water partition coefficient (Wildman–Crippen LogP) is 3.25. The molecule has 26 heavy (non-hydrogen) atoms. The van der Waals surface area contributed by atoms with Crippen molar-refractivity contribution in [3.8, 4) is 0 Å². The fourth-order valence-corrected chi connectivity index (χ4v) is 3.96. The Morgan fingerprint density at radius 1 is 1.35 bits per heavy atom. The zero-order valence-electron chi connectivity index (χ0n) is 15.7. The van der Waals surface area contributed by atoms with Gasteiger partial charge < -0.3 is 10.6 Å². The molecule has 0 aromatic heterocycles. The monoisotopic (exact) mass is 357 g/mol. The van der Waals surface area contributed by atoms with Gasteiger partial charge in [-0.2, -0.15) is 0 Å². The van der Waals surface area contributed by atoms with Crippen molar-refractivity contribution in [3.63, 3.8) is 0 Å². The number of carbonyl (C=O) groups is 3.